The molecule has 1 atom stereocenters. The lowest BCUT2D eigenvalue weighted by molar-refractivity contribution is -0.120. The number of amides is 1. The Bertz CT molecular complexity index is 615. The van der Waals surface area contributed by atoms with E-state index in [9.17, 15) is 13.2 Å². The van der Waals surface area contributed by atoms with Crippen molar-refractivity contribution in [1.82, 2.24) is 4.31 Å². The summed E-state index contributed by atoms with van der Waals surface area (Å²) in [7, 11) is -1.71. The van der Waals surface area contributed by atoms with E-state index in [0.29, 0.717) is 30.8 Å². The van der Waals surface area contributed by atoms with E-state index in [1.165, 1.54) is 17.7 Å². The second-order valence-corrected chi connectivity index (χ2v) is 7.13. The molecule has 1 heterocycles. The molecule has 0 aliphatic carbocycles. The first-order chi connectivity index (χ1) is 9.91. The summed E-state index contributed by atoms with van der Waals surface area (Å²) in [6, 6.07) is 7.15. The fraction of sp³-hybridized carbons (Fsp3) is 0.500. The zero-order chi connectivity index (χ0) is 15.5. The van der Waals surface area contributed by atoms with Crippen molar-refractivity contribution in [2.45, 2.75) is 12.8 Å². The number of anilines is 1. The van der Waals surface area contributed by atoms with Gasteiger partial charge in [0.1, 0.15) is 5.75 Å². The third-order valence-corrected chi connectivity index (χ3v) is 4.86. The third kappa shape index (κ3) is 3.95. The van der Waals surface area contributed by atoms with Gasteiger partial charge in [0, 0.05) is 13.1 Å². The molecule has 1 aromatic carbocycles. The molecule has 2 rings (SSSR count). The van der Waals surface area contributed by atoms with Gasteiger partial charge in [-0.15, -0.1) is 0 Å². The first-order valence-electron chi connectivity index (χ1n) is 6.81. The standard InChI is InChI=1S/C14H20N2O4S/c1-20-13-8-4-3-7-12(13)15-14(17)11-6-5-9-16(10-11)21(2,18)19/h3-4,7-8,11H,5-6,9-10H2,1-2H3,(H,15,17). The predicted molar refractivity (Wildman–Crippen MR) is 80.8 cm³/mol. The predicted octanol–water partition coefficient (Wildman–Crippen LogP) is 1.31. The lowest BCUT2D eigenvalue weighted by atomic mass is 9.98. The van der Waals surface area contributed by atoms with Crippen molar-refractivity contribution in [3.8, 4) is 5.75 Å². The maximum atomic E-state index is 12.3. The van der Waals surface area contributed by atoms with Crippen molar-refractivity contribution in [2.75, 3.05) is 31.8 Å². The molecule has 1 fully saturated rings. The first-order valence-corrected chi connectivity index (χ1v) is 8.65. The zero-order valence-corrected chi connectivity index (χ0v) is 13.0. The molecule has 1 saturated heterocycles. The number of sulfonamides is 1. The van der Waals surface area contributed by atoms with Crippen LogP contribution in [0.1, 0.15) is 12.8 Å². The van der Waals surface area contributed by atoms with Crippen LogP contribution in [-0.2, 0) is 14.8 Å². The summed E-state index contributed by atoms with van der Waals surface area (Å²) >= 11 is 0. The van der Waals surface area contributed by atoms with Crippen LogP contribution in [0.3, 0.4) is 0 Å². The van der Waals surface area contributed by atoms with E-state index in [0.717, 1.165) is 0 Å². The maximum absolute atomic E-state index is 12.3. The summed E-state index contributed by atoms with van der Waals surface area (Å²) < 4.78 is 29.7. The van der Waals surface area contributed by atoms with Crippen molar-refractivity contribution < 1.29 is 17.9 Å². The first kappa shape index (κ1) is 15.8. The SMILES string of the molecule is COc1ccccc1NC(=O)C1CCCN(S(C)(=O)=O)C1. The number of nitrogens with zero attached hydrogens (tertiary/aromatic N) is 1. The van der Waals surface area contributed by atoms with Gasteiger partial charge >= 0.3 is 0 Å². The molecule has 0 radical (unpaired) electrons. The highest BCUT2D eigenvalue weighted by molar-refractivity contribution is 7.88. The van der Waals surface area contributed by atoms with Crippen molar-refractivity contribution >= 4 is 21.6 Å². The summed E-state index contributed by atoms with van der Waals surface area (Å²) in [5.74, 6) is 0.0767. The number of methoxy groups -OCH3 is 1. The number of hydrogen-bond donors (Lipinski definition) is 1. The smallest absolute Gasteiger partial charge is 0.228 e. The van der Waals surface area contributed by atoms with Crippen LogP contribution in [0.2, 0.25) is 0 Å². The second kappa shape index (κ2) is 6.44. The van der Waals surface area contributed by atoms with Gasteiger partial charge < -0.3 is 10.1 Å². The van der Waals surface area contributed by atoms with Crippen LogP contribution >= 0.6 is 0 Å². The van der Waals surface area contributed by atoms with Gasteiger partial charge in [0.15, 0.2) is 0 Å². The molecular formula is C14H20N2O4S. The summed E-state index contributed by atoms with van der Waals surface area (Å²) in [6.07, 6.45) is 2.55. The number of benzene rings is 1. The highest BCUT2D eigenvalue weighted by atomic mass is 32.2. The van der Waals surface area contributed by atoms with Gasteiger partial charge in [-0.05, 0) is 25.0 Å². The minimum Gasteiger partial charge on any atom is -0.495 e. The lowest BCUT2D eigenvalue weighted by Crippen LogP contribution is -2.43. The molecule has 1 amide bonds. The number of carbonyl (C=O) groups excluding carboxylic acids is 1. The molecule has 7 heteroatoms. The number of rotatable bonds is 4. The minimum absolute atomic E-state index is 0.173. The van der Waals surface area contributed by atoms with Gasteiger partial charge in [-0.3, -0.25) is 4.79 Å². The average molecular weight is 312 g/mol. The minimum atomic E-state index is -3.25. The monoisotopic (exact) mass is 312 g/mol. The molecule has 116 valence electrons. The van der Waals surface area contributed by atoms with E-state index in [1.807, 2.05) is 12.1 Å². The van der Waals surface area contributed by atoms with Gasteiger partial charge in [0.25, 0.3) is 0 Å². The molecule has 1 aliphatic rings. The third-order valence-electron chi connectivity index (χ3n) is 3.59. The highest BCUT2D eigenvalue weighted by Gasteiger charge is 2.30. The van der Waals surface area contributed by atoms with Crippen LogP contribution in [0.15, 0.2) is 24.3 Å². The van der Waals surface area contributed by atoms with Crippen LogP contribution in [0, 0.1) is 5.92 Å². The molecule has 21 heavy (non-hydrogen) atoms. The summed E-state index contributed by atoms with van der Waals surface area (Å²) in [6.45, 7) is 0.719. The lowest BCUT2D eigenvalue weighted by Gasteiger charge is -2.30. The van der Waals surface area contributed by atoms with Crippen molar-refractivity contribution in [2.24, 2.45) is 5.92 Å². The molecule has 0 aromatic heterocycles. The van der Waals surface area contributed by atoms with E-state index in [-0.39, 0.29) is 18.4 Å². The number of carbonyl (C=O) groups is 1. The van der Waals surface area contributed by atoms with E-state index < -0.39 is 10.0 Å². The summed E-state index contributed by atoms with van der Waals surface area (Å²) in [5.41, 5.74) is 0.599. The Morgan fingerprint density at radius 2 is 2.10 bits per heavy atom. The Balaban J connectivity index is 2.06. The number of piperidine rings is 1. The molecule has 0 spiro atoms. The van der Waals surface area contributed by atoms with Gasteiger partial charge in [-0.2, -0.15) is 0 Å². The van der Waals surface area contributed by atoms with Crippen molar-refractivity contribution in [1.29, 1.82) is 0 Å². The fourth-order valence-corrected chi connectivity index (χ4v) is 3.35. The molecule has 1 unspecified atom stereocenters. The van der Waals surface area contributed by atoms with E-state index in [1.54, 1.807) is 12.1 Å². The molecule has 1 aliphatic heterocycles. The summed E-state index contributed by atoms with van der Waals surface area (Å²) in [5, 5.41) is 2.82. The highest BCUT2D eigenvalue weighted by Crippen LogP contribution is 2.25. The van der Waals surface area contributed by atoms with Crippen LogP contribution in [0.4, 0.5) is 5.69 Å². The van der Waals surface area contributed by atoms with Gasteiger partial charge in [0.05, 0.1) is 25.0 Å². The van der Waals surface area contributed by atoms with Crippen LogP contribution in [0.5, 0.6) is 5.75 Å². The Morgan fingerprint density at radius 3 is 2.76 bits per heavy atom. The largest absolute Gasteiger partial charge is 0.495 e. The molecular weight excluding hydrogens is 292 g/mol. The Labute approximate surface area is 125 Å². The normalized spacial score (nSPS) is 20.0. The Hall–Kier alpha value is -1.60. The topological polar surface area (TPSA) is 75.7 Å². The second-order valence-electron chi connectivity index (χ2n) is 5.15. The average Bonchev–Trinajstić information content (AvgIpc) is 2.47. The maximum Gasteiger partial charge on any atom is 0.228 e. The Kier molecular flexibility index (Phi) is 4.84. The molecule has 0 saturated carbocycles. The van der Waals surface area contributed by atoms with Crippen LogP contribution in [-0.4, -0.2) is 45.1 Å². The van der Waals surface area contributed by atoms with Gasteiger partial charge in [-0.1, -0.05) is 12.1 Å². The summed E-state index contributed by atoms with van der Waals surface area (Å²) in [4.78, 5) is 12.3. The van der Waals surface area contributed by atoms with Gasteiger partial charge in [0.2, 0.25) is 15.9 Å². The number of hydrogen-bond acceptors (Lipinski definition) is 4. The van der Waals surface area contributed by atoms with E-state index in [4.69, 9.17) is 4.74 Å². The zero-order valence-electron chi connectivity index (χ0n) is 12.2. The molecule has 1 N–H and O–H groups in total. The van der Waals surface area contributed by atoms with Gasteiger partial charge in [-0.25, -0.2) is 12.7 Å². The van der Waals surface area contributed by atoms with E-state index >= 15 is 0 Å². The number of ether oxygens (including phenoxy) is 1. The number of para-hydroxylation sites is 2. The quantitative estimate of drug-likeness (QED) is 0.909. The van der Waals surface area contributed by atoms with Crippen molar-refractivity contribution in [3.63, 3.8) is 0 Å². The van der Waals surface area contributed by atoms with Crippen molar-refractivity contribution in [3.05, 3.63) is 24.3 Å². The molecule has 0 bridgehead atoms. The van der Waals surface area contributed by atoms with Crippen LogP contribution in [0.25, 0.3) is 0 Å². The van der Waals surface area contributed by atoms with E-state index in [2.05, 4.69) is 5.32 Å². The fourth-order valence-electron chi connectivity index (χ4n) is 2.44. The molecule has 6 nitrogen and oxygen atoms in total. The Morgan fingerprint density at radius 1 is 1.38 bits per heavy atom. The molecule has 1 aromatic rings. The number of nitrogens with one attached hydrogen (secondary N) is 1. The van der Waals surface area contributed by atoms with Crippen LogP contribution < -0.4 is 10.1 Å².